The Morgan fingerprint density at radius 2 is 2.15 bits per heavy atom. The van der Waals surface area contributed by atoms with Crippen molar-refractivity contribution in [3.05, 3.63) is 46.4 Å². The van der Waals surface area contributed by atoms with Crippen LogP contribution in [0.3, 0.4) is 0 Å². The van der Waals surface area contributed by atoms with E-state index < -0.39 is 0 Å². The van der Waals surface area contributed by atoms with Crippen LogP contribution in [0.2, 0.25) is 0 Å². The molecule has 3 heterocycles. The summed E-state index contributed by atoms with van der Waals surface area (Å²) in [6, 6.07) is 3.62. The van der Waals surface area contributed by atoms with Crippen LogP contribution in [-0.2, 0) is 12.8 Å². The number of anilines is 1. The third kappa shape index (κ3) is 3.26. The minimum Gasteiger partial charge on any atom is -0.307 e. The van der Waals surface area contributed by atoms with Gasteiger partial charge in [0.05, 0.1) is 11.4 Å². The number of nitrogens with one attached hydrogen (secondary N) is 1. The molecule has 0 bridgehead atoms. The molecule has 0 radical (unpaired) electrons. The van der Waals surface area contributed by atoms with Crippen LogP contribution in [0.1, 0.15) is 53.8 Å². The molecule has 0 aliphatic heterocycles. The SMILES string of the molecule is Cc1cn2ccc(C(=O)Nc3nc4c(s3)CC(C(C)(C)C)CC4)cc2n1. The summed E-state index contributed by atoms with van der Waals surface area (Å²) >= 11 is 1.62. The van der Waals surface area contributed by atoms with E-state index in [0.29, 0.717) is 22.0 Å². The van der Waals surface area contributed by atoms with Crippen LogP contribution >= 0.6 is 11.3 Å². The maximum atomic E-state index is 12.6. The summed E-state index contributed by atoms with van der Waals surface area (Å²) in [6.07, 6.45) is 7.04. The van der Waals surface area contributed by atoms with Gasteiger partial charge in [-0.25, -0.2) is 9.97 Å². The summed E-state index contributed by atoms with van der Waals surface area (Å²) in [5.41, 5.74) is 3.78. The van der Waals surface area contributed by atoms with Crippen molar-refractivity contribution < 1.29 is 4.79 Å². The number of amides is 1. The van der Waals surface area contributed by atoms with Crippen LogP contribution in [0, 0.1) is 18.3 Å². The predicted octanol–water partition coefficient (Wildman–Crippen LogP) is 4.50. The molecule has 0 fully saturated rings. The Bertz CT molecular complexity index is 980. The monoisotopic (exact) mass is 368 g/mol. The van der Waals surface area contributed by atoms with Crippen molar-refractivity contribution in [3.8, 4) is 0 Å². The number of rotatable bonds is 2. The van der Waals surface area contributed by atoms with Crippen molar-refractivity contribution in [2.45, 2.75) is 47.0 Å². The lowest BCUT2D eigenvalue weighted by Gasteiger charge is -2.33. The second-order valence-electron chi connectivity index (χ2n) is 8.21. The van der Waals surface area contributed by atoms with Crippen LogP contribution in [0.4, 0.5) is 5.13 Å². The van der Waals surface area contributed by atoms with Gasteiger partial charge in [-0.15, -0.1) is 11.3 Å². The molecule has 1 amide bonds. The Morgan fingerprint density at radius 1 is 1.35 bits per heavy atom. The van der Waals surface area contributed by atoms with Crippen molar-refractivity contribution in [2.75, 3.05) is 5.32 Å². The lowest BCUT2D eigenvalue weighted by atomic mass is 9.73. The molecule has 3 aromatic heterocycles. The van der Waals surface area contributed by atoms with Crippen molar-refractivity contribution in [3.63, 3.8) is 0 Å². The zero-order chi connectivity index (χ0) is 18.5. The van der Waals surface area contributed by atoms with Crippen molar-refractivity contribution in [2.24, 2.45) is 11.3 Å². The van der Waals surface area contributed by atoms with Gasteiger partial charge in [-0.1, -0.05) is 20.8 Å². The molecule has 1 unspecified atom stereocenters. The molecule has 5 nitrogen and oxygen atoms in total. The first-order valence-electron chi connectivity index (χ1n) is 9.05. The smallest absolute Gasteiger partial charge is 0.257 e. The number of pyridine rings is 1. The zero-order valence-electron chi connectivity index (χ0n) is 15.7. The molecule has 6 heteroatoms. The number of carbonyl (C=O) groups excluding carboxylic acids is 1. The highest BCUT2D eigenvalue weighted by atomic mass is 32.1. The molecule has 0 saturated heterocycles. The van der Waals surface area contributed by atoms with E-state index in [4.69, 9.17) is 0 Å². The first-order valence-corrected chi connectivity index (χ1v) is 9.86. The Kier molecular flexibility index (Phi) is 4.10. The maximum absolute atomic E-state index is 12.6. The molecule has 1 atom stereocenters. The third-order valence-corrected chi connectivity index (χ3v) is 6.26. The summed E-state index contributed by atoms with van der Waals surface area (Å²) < 4.78 is 1.92. The van der Waals surface area contributed by atoms with Crippen molar-refractivity contribution in [1.82, 2.24) is 14.4 Å². The average Bonchev–Trinajstić information content (AvgIpc) is 3.13. The van der Waals surface area contributed by atoms with Gasteiger partial charge in [-0.2, -0.15) is 0 Å². The van der Waals surface area contributed by atoms with Crippen LogP contribution < -0.4 is 5.32 Å². The van der Waals surface area contributed by atoms with E-state index in [1.807, 2.05) is 35.9 Å². The molecule has 3 aromatic rings. The van der Waals surface area contributed by atoms with Gasteiger partial charge in [0.15, 0.2) is 5.13 Å². The van der Waals surface area contributed by atoms with E-state index in [9.17, 15) is 4.79 Å². The van der Waals surface area contributed by atoms with Crippen LogP contribution in [0.15, 0.2) is 24.5 Å². The van der Waals surface area contributed by atoms with E-state index in [2.05, 4.69) is 36.1 Å². The molecule has 1 aliphatic rings. The summed E-state index contributed by atoms with van der Waals surface area (Å²) in [6.45, 7) is 8.86. The largest absolute Gasteiger partial charge is 0.307 e. The molecular weight excluding hydrogens is 344 g/mol. The minimum absolute atomic E-state index is 0.133. The molecule has 0 saturated carbocycles. The van der Waals surface area contributed by atoms with Crippen LogP contribution in [-0.4, -0.2) is 20.3 Å². The number of aromatic nitrogens is 3. The van der Waals surface area contributed by atoms with E-state index in [-0.39, 0.29) is 5.91 Å². The highest BCUT2D eigenvalue weighted by Crippen LogP contribution is 2.40. The Balaban J connectivity index is 1.52. The average molecular weight is 369 g/mol. The van der Waals surface area contributed by atoms with Gasteiger partial charge in [0.2, 0.25) is 0 Å². The second-order valence-corrected chi connectivity index (χ2v) is 9.30. The van der Waals surface area contributed by atoms with E-state index >= 15 is 0 Å². The minimum atomic E-state index is -0.133. The lowest BCUT2D eigenvalue weighted by molar-refractivity contribution is 0.102. The van der Waals surface area contributed by atoms with E-state index in [0.717, 1.165) is 29.9 Å². The van der Waals surface area contributed by atoms with Gasteiger partial charge in [-0.05, 0) is 49.7 Å². The Hall–Kier alpha value is -2.21. The van der Waals surface area contributed by atoms with Gasteiger partial charge in [0.25, 0.3) is 5.91 Å². The molecule has 26 heavy (non-hydrogen) atoms. The van der Waals surface area contributed by atoms with Crippen LogP contribution in [0.25, 0.3) is 5.65 Å². The van der Waals surface area contributed by atoms with Crippen molar-refractivity contribution >= 4 is 28.0 Å². The van der Waals surface area contributed by atoms with Crippen molar-refractivity contribution in [1.29, 1.82) is 0 Å². The summed E-state index contributed by atoms with van der Waals surface area (Å²) in [5.74, 6) is 0.539. The standard InChI is InChI=1S/C20H24N4OS/c1-12-11-24-8-7-13(9-17(24)21-12)18(25)23-19-22-15-6-5-14(20(2,3)4)10-16(15)26-19/h7-9,11,14H,5-6,10H2,1-4H3,(H,22,23,25). The first kappa shape index (κ1) is 17.2. The number of imidazole rings is 1. The molecule has 1 N–H and O–H groups in total. The summed E-state index contributed by atoms with van der Waals surface area (Å²) in [7, 11) is 0. The van der Waals surface area contributed by atoms with Gasteiger partial charge >= 0.3 is 0 Å². The normalized spacial score (nSPS) is 17.3. The molecular formula is C20H24N4OS. The van der Waals surface area contributed by atoms with Gasteiger partial charge in [0.1, 0.15) is 5.65 Å². The second kappa shape index (κ2) is 6.20. The Labute approximate surface area is 157 Å². The summed E-state index contributed by atoms with van der Waals surface area (Å²) in [4.78, 5) is 23.0. The van der Waals surface area contributed by atoms with Gasteiger partial charge in [-0.3, -0.25) is 10.1 Å². The van der Waals surface area contributed by atoms with Gasteiger partial charge in [0, 0.05) is 22.8 Å². The number of hydrogen-bond donors (Lipinski definition) is 1. The number of hydrogen-bond acceptors (Lipinski definition) is 4. The Morgan fingerprint density at radius 3 is 2.92 bits per heavy atom. The number of aryl methyl sites for hydroxylation is 2. The maximum Gasteiger partial charge on any atom is 0.257 e. The fraction of sp³-hybridized carbons (Fsp3) is 0.450. The topological polar surface area (TPSA) is 59.3 Å². The lowest BCUT2D eigenvalue weighted by Crippen LogP contribution is -2.26. The highest BCUT2D eigenvalue weighted by molar-refractivity contribution is 7.15. The molecule has 4 rings (SSSR count). The predicted molar refractivity (Wildman–Crippen MR) is 105 cm³/mol. The molecule has 1 aliphatic carbocycles. The number of thiazole rings is 1. The number of carbonyl (C=O) groups is 1. The zero-order valence-corrected chi connectivity index (χ0v) is 16.5. The van der Waals surface area contributed by atoms with E-state index in [1.54, 1.807) is 11.3 Å². The summed E-state index contributed by atoms with van der Waals surface area (Å²) in [5, 5.41) is 3.67. The fourth-order valence-corrected chi connectivity index (χ4v) is 4.67. The molecule has 0 spiro atoms. The third-order valence-electron chi connectivity index (χ3n) is 5.23. The first-order chi connectivity index (χ1) is 12.3. The van der Waals surface area contributed by atoms with E-state index in [1.165, 1.54) is 11.3 Å². The quantitative estimate of drug-likeness (QED) is 0.724. The highest BCUT2D eigenvalue weighted by Gasteiger charge is 2.30. The molecule has 0 aromatic carbocycles. The number of fused-ring (bicyclic) bond motifs is 2. The van der Waals surface area contributed by atoms with Crippen LogP contribution in [0.5, 0.6) is 0 Å². The number of nitrogens with zero attached hydrogens (tertiary/aromatic N) is 3. The molecule has 136 valence electrons. The van der Waals surface area contributed by atoms with Gasteiger partial charge < -0.3 is 4.40 Å². The fourth-order valence-electron chi connectivity index (χ4n) is 3.59.